The number of aromatic nitrogens is 2. The van der Waals surface area contributed by atoms with Crippen LogP contribution in [0.2, 0.25) is 0 Å². The van der Waals surface area contributed by atoms with Gasteiger partial charge in [0.05, 0.1) is 12.6 Å². The average Bonchev–Trinajstić information content (AvgIpc) is 3.28. The average molecular weight is 394 g/mol. The molecule has 5 nitrogen and oxygen atoms in total. The molecule has 1 N–H and O–H groups in total. The van der Waals surface area contributed by atoms with E-state index in [4.69, 9.17) is 9.26 Å². The summed E-state index contributed by atoms with van der Waals surface area (Å²) in [7, 11) is 0. The van der Waals surface area contributed by atoms with E-state index in [9.17, 15) is 8.78 Å². The first-order chi connectivity index (χ1) is 12.6. The minimum Gasteiger partial charge on any atom is -0.489 e. The zero-order valence-electron chi connectivity index (χ0n) is 14.3. The monoisotopic (exact) mass is 393 g/mol. The van der Waals surface area contributed by atoms with E-state index in [0.29, 0.717) is 12.4 Å². The summed E-state index contributed by atoms with van der Waals surface area (Å²) in [5.41, 5.74) is 1.76. The number of hydrogen-bond acceptors (Lipinski definition) is 5. The molecule has 1 aliphatic rings. The Balaban J connectivity index is 0.00000210. The third-order valence-electron chi connectivity index (χ3n) is 4.21. The van der Waals surface area contributed by atoms with Gasteiger partial charge >= 0.3 is 0 Å². The van der Waals surface area contributed by atoms with Gasteiger partial charge in [0.15, 0.2) is 0 Å². The molecule has 0 amide bonds. The molecular weight excluding hydrogens is 376 g/mol. The van der Waals surface area contributed by atoms with Crippen LogP contribution < -0.4 is 10.1 Å². The number of alkyl halides is 2. The summed E-state index contributed by atoms with van der Waals surface area (Å²) in [6, 6.07) is 16.5. The van der Waals surface area contributed by atoms with Gasteiger partial charge in [-0.2, -0.15) is 4.98 Å². The number of hydrogen-bond donors (Lipinski definition) is 1. The molecule has 1 fully saturated rings. The van der Waals surface area contributed by atoms with E-state index < -0.39 is 12.0 Å². The van der Waals surface area contributed by atoms with Gasteiger partial charge < -0.3 is 9.26 Å². The molecule has 1 atom stereocenters. The van der Waals surface area contributed by atoms with E-state index in [2.05, 4.69) is 15.5 Å². The zero-order valence-corrected chi connectivity index (χ0v) is 15.1. The van der Waals surface area contributed by atoms with Gasteiger partial charge in [0.1, 0.15) is 12.4 Å². The summed E-state index contributed by atoms with van der Waals surface area (Å²) < 4.78 is 37.4. The minimum atomic E-state index is -2.74. The number of nitrogens with zero attached hydrogens (tertiary/aromatic N) is 2. The lowest BCUT2D eigenvalue weighted by Crippen LogP contribution is -2.19. The predicted molar refractivity (Wildman–Crippen MR) is 98.1 cm³/mol. The number of benzene rings is 2. The van der Waals surface area contributed by atoms with Crippen molar-refractivity contribution < 1.29 is 18.0 Å². The summed E-state index contributed by atoms with van der Waals surface area (Å²) in [5.74, 6) is -1.36. The Hall–Kier alpha value is -2.51. The van der Waals surface area contributed by atoms with Crippen LogP contribution in [0.1, 0.15) is 23.9 Å². The summed E-state index contributed by atoms with van der Waals surface area (Å²) in [4.78, 5) is 4.25. The van der Waals surface area contributed by atoms with Crippen LogP contribution in [0, 0.1) is 0 Å². The SMILES string of the molecule is Cl.FC1(F)CNC(c2nc(-c3ccc(COc4ccccc4)cc3)no2)C1. The smallest absolute Gasteiger partial charge is 0.262 e. The van der Waals surface area contributed by atoms with Crippen LogP contribution in [-0.4, -0.2) is 22.6 Å². The maximum absolute atomic E-state index is 13.3. The second-order valence-electron chi connectivity index (χ2n) is 6.25. The van der Waals surface area contributed by atoms with Gasteiger partial charge in [0.2, 0.25) is 11.7 Å². The molecule has 2 heterocycles. The Morgan fingerprint density at radius 2 is 1.85 bits per heavy atom. The summed E-state index contributed by atoms with van der Waals surface area (Å²) in [6.07, 6.45) is -0.329. The third kappa shape index (κ3) is 4.61. The van der Waals surface area contributed by atoms with Crippen LogP contribution in [0.25, 0.3) is 11.4 Å². The Kier molecular flexibility index (Phi) is 5.72. The maximum atomic E-state index is 13.3. The van der Waals surface area contributed by atoms with E-state index in [1.807, 2.05) is 54.6 Å². The van der Waals surface area contributed by atoms with Crippen molar-refractivity contribution in [2.45, 2.75) is 25.0 Å². The number of ether oxygens (including phenoxy) is 1. The van der Waals surface area contributed by atoms with Crippen molar-refractivity contribution in [3.63, 3.8) is 0 Å². The summed E-state index contributed by atoms with van der Waals surface area (Å²) in [5, 5.41) is 6.61. The molecule has 0 radical (unpaired) electrons. The highest BCUT2D eigenvalue weighted by molar-refractivity contribution is 5.85. The molecule has 1 unspecified atom stereocenters. The predicted octanol–water partition coefficient (Wildman–Crippen LogP) is 4.41. The van der Waals surface area contributed by atoms with E-state index in [-0.39, 0.29) is 31.3 Å². The van der Waals surface area contributed by atoms with Gasteiger partial charge in [-0.1, -0.05) is 47.6 Å². The molecule has 1 saturated heterocycles. The number of halogens is 3. The Morgan fingerprint density at radius 1 is 1.11 bits per heavy atom. The lowest BCUT2D eigenvalue weighted by molar-refractivity contribution is 0.0200. The van der Waals surface area contributed by atoms with Gasteiger partial charge in [-0.25, -0.2) is 8.78 Å². The molecule has 27 heavy (non-hydrogen) atoms. The molecule has 1 aliphatic heterocycles. The molecule has 3 aromatic rings. The Morgan fingerprint density at radius 3 is 2.52 bits per heavy atom. The molecule has 0 aliphatic carbocycles. The molecule has 0 spiro atoms. The van der Waals surface area contributed by atoms with E-state index >= 15 is 0 Å². The van der Waals surface area contributed by atoms with Gasteiger partial charge in [0.25, 0.3) is 5.92 Å². The Bertz CT molecular complexity index is 872. The fourth-order valence-electron chi connectivity index (χ4n) is 2.82. The zero-order chi connectivity index (χ0) is 18.0. The van der Waals surface area contributed by atoms with Crippen molar-refractivity contribution in [1.82, 2.24) is 15.5 Å². The van der Waals surface area contributed by atoms with Crippen LogP contribution in [0.4, 0.5) is 8.78 Å². The quantitative estimate of drug-likeness (QED) is 0.695. The molecule has 0 bridgehead atoms. The lowest BCUT2D eigenvalue weighted by Gasteiger charge is -2.06. The summed E-state index contributed by atoms with van der Waals surface area (Å²) in [6.45, 7) is 0.0777. The van der Waals surface area contributed by atoms with Gasteiger partial charge in [-0.3, -0.25) is 5.32 Å². The molecule has 0 saturated carbocycles. The van der Waals surface area contributed by atoms with Crippen LogP contribution in [0.15, 0.2) is 59.1 Å². The van der Waals surface area contributed by atoms with Crippen molar-refractivity contribution in [2.24, 2.45) is 0 Å². The highest BCUT2D eigenvalue weighted by atomic mass is 35.5. The fraction of sp³-hybridized carbons (Fsp3) is 0.263. The van der Waals surface area contributed by atoms with Crippen molar-refractivity contribution in [3.8, 4) is 17.1 Å². The lowest BCUT2D eigenvalue weighted by atomic mass is 10.1. The van der Waals surface area contributed by atoms with Crippen molar-refractivity contribution >= 4 is 12.4 Å². The van der Waals surface area contributed by atoms with Gasteiger partial charge in [0, 0.05) is 12.0 Å². The second-order valence-corrected chi connectivity index (χ2v) is 6.25. The topological polar surface area (TPSA) is 60.2 Å². The highest BCUT2D eigenvalue weighted by Crippen LogP contribution is 2.33. The van der Waals surface area contributed by atoms with Crippen LogP contribution in [0.3, 0.4) is 0 Å². The molecule has 142 valence electrons. The highest BCUT2D eigenvalue weighted by Gasteiger charge is 2.42. The van der Waals surface area contributed by atoms with E-state index in [1.165, 1.54) is 0 Å². The van der Waals surface area contributed by atoms with Gasteiger partial charge in [-0.05, 0) is 17.7 Å². The maximum Gasteiger partial charge on any atom is 0.262 e. The minimum absolute atomic E-state index is 0. The van der Waals surface area contributed by atoms with Crippen LogP contribution >= 0.6 is 12.4 Å². The van der Waals surface area contributed by atoms with E-state index in [0.717, 1.165) is 16.9 Å². The second kappa shape index (κ2) is 8.02. The third-order valence-corrected chi connectivity index (χ3v) is 4.21. The summed E-state index contributed by atoms with van der Waals surface area (Å²) >= 11 is 0. The number of nitrogens with one attached hydrogen (secondary N) is 1. The number of para-hydroxylation sites is 1. The Labute approximate surface area is 161 Å². The first kappa shape index (κ1) is 19.3. The van der Waals surface area contributed by atoms with Crippen molar-refractivity contribution in [2.75, 3.05) is 6.54 Å². The fourth-order valence-corrected chi connectivity index (χ4v) is 2.82. The largest absolute Gasteiger partial charge is 0.489 e. The van der Waals surface area contributed by atoms with Crippen molar-refractivity contribution in [3.05, 3.63) is 66.1 Å². The number of rotatable bonds is 5. The van der Waals surface area contributed by atoms with Gasteiger partial charge in [-0.15, -0.1) is 12.4 Å². The van der Waals surface area contributed by atoms with Crippen molar-refractivity contribution in [1.29, 1.82) is 0 Å². The molecule has 2 aromatic carbocycles. The first-order valence-corrected chi connectivity index (χ1v) is 8.31. The van der Waals surface area contributed by atoms with E-state index in [1.54, 1.807) is 0 Å². The molecular formula is C19H18ClF2N3O2. The molecule has 8 heteroatoms. The molecule has 1 aromatic heterocycles. The first-order valence-electron chi connectivity index (χ1n) is 8.31. The normalized spacial score (nSPS) is 18.1. The van der Waals surface area contributed by atoms with Crippen LogP contribution in [0.5, 0.6) is 5.75 Å². The molecule has 4 rings (SSSR count). The standard InChI is InChI=1S/C19H17F2N3O2.ClH/c20-19(21)10-16(22-12-19)18-23-17(24-26-18)14-8-6-13(7-9-14)11-25-15-4-2-1-3-5-15;/h1-9,16,22H,10-12H2;1H. The van der Waals surface area contributed by atoms with Crippen LogP contribution in [-0.2, 0) is 6.61 Å².